The third-order valence-electron chi connectivity index (χ3n) is 4.09. The van der Waals surface area contributed by atoms with E-state index in [-0.39, 0.29) is 0 Å². The maximum absolute atomic E-state index is 3.49. The zero-order valence-corrected chi connectivity index (χ0v) is 10.7. The third-order valence-corrected chi connectivity index (χ3v) is 4.09. The minimum atomic E-state index is 0.764. The second-order valence-corrected chi connectivity index (χ2v) is 5.33. The Morgan fingerprint density at radius 3 is 2.62 bits per heavy atom. The smallest absolute Gasteiger partial charge is 0.0113 e. The van der Waals surface area contributed by atoms with Gasteiger partial charge in [-0.15, -0.1) is 0 Å². The molecule has 16 heavy (non-hydrogen) atoms. The van der Waals surface area contributed by atoms with E-state index in [1.165, 1.54) is 71.5 Å². The molecule has 0 spiro atoms. The highest BCUT2D eigenvalue weighted by atomic mass is 15.2. The molecule has 1 atom stereocenters. The molecule has 1 unspecified atom stereocenters. The predicted octanol–water partition coefficient (Wildman–Crippen LogP) is 1.16. The first-order chi connectivity index (χ1) is 7.86. The fraction of sp³-hybridized carbons (Fsp3) is 1.00. The lowest BCUT2D eigenvalue weighted by atomic mass is 10.1. The van der Waals surface area contributed by atoms with E-state index < -0.39 is 0 Å². The molecule has 2 rings (SSSR count). The summed E-state index contributed by atoms with van der Waals surface area (Å²) < 4.78 is 0. The summed E-state index contributed by atoms with van der Waals surface area (Å²) in [5.41, 5.74) is 0. The van der Waals surface area contributed by atoms with Crippen molar-refractivity contribution in [1.82, 2.24) is 15.1 Å². The maximum Gasteiger partial charge on any atom is 0.0113 e. The lowest BCUT2D eigenvalue weighted by Gasteiger charge is -2.32. The van der Waals surface area contributed by atoms with Crippen LogP contribution in [0.5, 0.6) is 0 Å². The fourth-order valence-corrected chi connectivity index (χ4v) is 2.85. The van der Waals surface area contributed by atoms with Gasteiger partial charge in [-0.05, 0) is 45.8 Å². The highest BCUT2D eigenvalue weighted by molar-refractivity contribution is 4.75. The highest BCUT2D eigenvalue weighted by Gasteiger charge is 2.17. The number of nitrogens with zero attached hydrogens (tertiary/aromatic N) is 2. The van der Waals surface area contributed by atoms with E-state index >= 15 is 0 Å². The van der Waals surface area contributed by atoms with Gasteiger partial charge in [-0.25, -0.2) is 0 Å². The molecule has 0 aromatic heterocycles. The molecule has 2 saturated heterocycles. The first-order valence-electron chi connectivity index (χ1n) is 7.03. The van der Waals surface area contributed by atoms with Crippen LogP contribution in [0.3, 0.4) is 0 Å². The van der Waals surface area contributed by atoms with Gasteiger partial charge in [0.05, 0.1) is 0 Å². The van der Waals surface area contributed by atoms with Gasteiger partial charge >= 0.3 is 0 Å². The molecule has 0 radical (unpaired) electrons. The quantitative estimate of drug-likeness (QED) is 0.777. The molecule has 2 heterocycles. The van der Waals surface area contributed by atoms with Crippen LogP contribution in [0.2, 0.25) is 0 Å². The van der Waals surface area contributed by atoms with Crippen LogP contribution < -0.4 is 5.32 Å². The molecular formula is C13H27N3. The Hall–Kier alpha value is -0.120. The molecular weight excluding hydrogens is 198 g/mol. The summed E-state index contributed by atoms with van der Waals surface area (Å²) in [4.78, 5) is 5.31. The third kappa shape index (κ3) is 3.72. The van der Waals surface area contributed by atoms with Gasteiger partial charge < -0.3 is 10.2 Å². The average molecular weight is 225 g/mol. The zero-order chi connectivity index (χ0) is 11.2. The van der Waals surface area contributed by atoms with Crippen LogP contribution in [0.15, 0.2) is 0 Å². The van der Waals surface area contributed by atoms with Crippen LogP contribution in [-0.4, -0.2) is 61.7 Å². The minimum Gasteiger partial charge on any atom is -0.315 e. The van der Waals surface area contributed by atoms with E-state index in [9.17, 15) is 0 Å². The van der Waals surface area contributed by atoms with Crippen molar-refractivity contribution in [1.29, 1.82) is 0 Å². The summed E-state index contributed by atoms with van der Waals surface area (Å²) in [5.74, 6) is 0. The van der Waals surface area contributed by atoms with E-state index in [4.69, 9.17) is 0 Å². The molecule has 1 N–H and O–H groups in total. The molecule has 0 aliphatic carbocycles. The molecule has 3 heteroatoms. The van der Waals surface area contributed by atoms with E-state index in [0.717, 1.165) is 6.04 Å². The molecule has 2 aliphatic heterocycles. The Morgan fingerprint density at radius 2 is 1.81 bits per heavy atom. The second kappa shape index (κ2) is 6.58. The standard InChI is InChI=1S/C13H27N3/c1-13-5-6-14-7-10-16(13)12-11-15-8-3-2-4-9-15/h13-14H,2-12H2,1H3. The molecule has 94 valence electrons. The van der Waals surface area contributed by atoms with Crippen molar-refractivity contribution in [2.45, 2.75) is 38.6 Å². The van der Waals surface area contributed by atoms with Crippen molar-refractivity contribution >= 4 is 0 Å². The van der Waals surface area contributed by atoms with Crippen molar-refractivity contribution in [2.75, 3.05) is 45.8 Å². The van der Waals surface area contributed by atoms with Gasteiger partial charge in [-0.2, -0.15) is 0 Å². The van der Waals surface area contributed by atoms with Crippen LogP contribution in [0.25, 0.3) is 0 Å². The first-order valence-corrected chi connectivity index (χ1v) is 7.03. The fourth-order valence-electron chi connectivity index (χ4n) is 2.85. The molecule has 0 aromatic rings. The molecule has 2 aliphatic rings. The van der Waals surface area contributed by atoms with Crippen molar-refractivity contribution in [3.63, 3.8) is 0 Å². The van der Waals surface area contributed by atoms with Gasteiger partial charge in [0, 0.05) is 32.2 Å². The van der Waals surface area contributed by atoms with Gasteiger partial charge in [-0.1, -0.05) is 6.42 Å². The summed E-state index contributed by atoms with van der Waals surface area (Å²) in [7, 11) is 0. The Labute approximate surface area is 100 Å². The van der Waals surface area contributed by atoms with Crippen molar-refractivity contribution in [3.8, 4) is 0 Å². The summed E-state index contributed by atoms with van der Waals surface area (Å²) in [6, 6.07) is 0.764. The minimum absolute atomic E-state index is 0.764. The number of piperidine rings is 1. The van der Waals surface area contributed by atoms with Gasteiger partial charge in [-0.3, -0.25) is 4.90 Å². The molecule has 0 aromatic carbocycles. The molecule has 0 bridgehead atoms. The Kier molecular flexibility index (Phi) is 5.07. The number of nitrogens with one attached hydrogen (secondary N) is 1. The Balaban J connectivity index is 1.70. The highest BCUT2D eigenvalue weighted by Crippen LogP contribution is 2.10. The van der Waals surface area contributed by atoms with Crippen molar-refractivity contribution in [2.24, 2.45) is 0 Å². The lowest BCUT2D eigenvalue weighted by Crippen LogP contribution is -2.42. The first kappa shape index (κ1) is 12.3. The number of likely N-dealkylation sites (tertiary alicyclic amines) is 1. The van der Waals surface area contributed by atoms with Crippen LogP contribution in [-0.2, 0) is 0 Å². The summed E-state index contributed by atoms with van der Waals surface area (Å²) in [6.07, 6.45) is 5.58. The van der Waals surface area contributed by atoms with E-state index in [2.05, 4.69) is 22.0 Å². The lowest BCUT2D eigenvalue weighted by molar-refractivity contribution is 0.160. The largest absolute Gasteiger partial charge is 0.315 e. The Morgan fingerprint density at radius 1 is 1.00 bits per heavy atom. The van der Waals surface area contributed by atoms with E-state index in [1.807, 2.05) is 0 Å². The van der Waals surface area contributed by atoms with Crippen LogP contribution in [0.1, 0.15) is 32.6 Å². The van der Waals surface area contributed by atoms with Crippen LogP contribution in [0.4, 0.5) is 0 Å². The van der Waals surface area contributed by atoms with Gasteiger partial charge in [0.1, 0.15) is 0 Å². The summed E-state index contributed by atoms with van der Waals surface area (Å²) in [6.45, 7) is 11.2. The number of hydrogen-bond donors (Lipinski definition) is 1. The van der Waals surface area contributed by atoms with E-state index in [1.54, 1.807) is 0 Å². The maximum atomic E-state index is 3.49. The molecule has 0 saturated carbocycles. The monoisotopic (exact) mass is 225 g/mol. The second-order valence-electron chi connectivity index (χ2n) is 5.33. The Bertz CT molecular complexity index is 190. The summed E-state index contributed by atoms with van der Waals surface area (Å²) in [5, 5.41) is 3.49. The SMILES string of the molecule is CC1CCNCCN1CCN1CCCCC1. The van der Waals surface area contributed by atoms with Gasteiger partial charge in [0.15, 0.2) is 0 Å². The van der Waals surface area contributed by atoms with Crippen LogP contribution in [0, 0.1) is 0 Å². The van der Waals surface area contributed by atoms with Gasteiger partial charge in [0.2, 0.25) is 0 Å². The molecule has 2 fully saturated rings. The van der Waals surface area contributed by atoms with E-state index in [0.29, 0.717) is 0 Å². The number of hydrogen-bond acceptors (Lipinski definition) is 3. The number of rotatable bonds is 3. The normalized spacial score (nSPS) is 30.2. The van der Waals surface area contributed by atoms with Crippen LogP contribution >= 0.6 is 0 Å². The van der Waals surface area contributed by atoms with Crippen molar-refractivity contribution < 1.29 is 0 Å². The summed E-state index contributed by atoms with van der Waals surface area (Å²) >= 11 is 0. The average Bonchev–Trinajstić information content (AvgIpc) is 2.53. The molecule has 3 nitrogen and oxygen atoms in total. The molecule has 0 amide bonds. The zero-order valence-electron chi connectivity index (χ0n) is 10.7. The van der Waals surface area contributed by atoms with Crippen molar-refractivity contribution in [3.05, 3.63) is 0 Å². The van der Waals surface area contributed by atoms with Gasteiger partial charge in [0.25, 0.3) is 0 Å². The predicted molar refractivity (Wildman–Crippen MR) is 68.8 cm³/mol. The topological polar surface area (TPSA) is 18.5 Å².